The summed E-state index contributed by atoms with van der Waals surface area (Å²) in [5, 5.41) is 21.1. The highest BCUT2D eigenvalue weighted by molar-refractivity contribution is 5.79. The van der Waals surface area contributed by atoms with Gasteiger partial charge in [0.25, 0.3) is 5.69 Å². The molecule has 2 heterocycles. The number of para-hydroxylation sites is 1. The molecule has 0 spiro atoms. The number of benzene rings is 2. The molecular formula is C22H20N8O4. The van der Waals surface area contributed by atoms with Crippen molar-refractivity contribution in [2.75, 3.05) is 30.2 Å². The second-order valence-electron chi connectivity index (χ2n) is 6.76. The molecule has 34 heavy (non-hydrogen) atoms. The fourth-order valence-corrected chi connectivity index (χ4v) is 2.96. The van der Waals surface area contributed by atoms with Crippen LogP contribution in [0.2, 0.25) is 0 Å². The third-order valence-electron chi connectivity index (χ3n) is 4.53. The van der Waals surface area contributed by atoms with E-state index in [1.54, 1.807) is 25.2 Å². The molecular weight excluding hydrogens is 440 g/mol. The Labute approximate surface area is 193 Å². The van der Waals surface area contributed by atoms with Gasteiger partial charge in [0, 0.05) is 18.8 Å². The number of rotatable bonds is 9. The molecule has 0 saturated heterocycles. The van der Waals surface area contributed by atoms with Gasteiger partial charge in [-0.1, -0.05) is 18.2 Å². The highest BCUT2D eigenvalue weighted by atomic mass is 16.6. The zero-order chi connectivity index (χ0) is 23.9. The number of hydrogen-bond donors (Lipinski definition) is 3. The van der Waals surface area contributed by atoms with Gasteiger partial charge in [0.1, 0.15) is 17.3 Å². The first kappa shape index (κ1) is 22.2. The summed E-state index contributed by atoms with van der Waals surface area (Å²) in [6.45, 7) is 0. The number of ether oxygens (including phenoxy) is 1. The van der Waals surface area contributed by atoms with E-state index >= 15 is 0 Å². The van der Waals surface area contributed by atoms with Gasteiger partial charge in [-0.25, -0.2) is 5.43 Å². The molecule has 0 radical (unpaired) electrons. The third-order valence-corrected chi connectivity index (χ3v) is 4.53. The molecule has 0 aliphatic carbocycles. The molecule has 12 nitrogen and oxygen atoms in total. The van der Waals surface area contributed by atoms with Crippen LogP contribution in [-0.2, 0) is 0 Å². The Balaban J connectivity index is 1.48. The zero-order valence-corrected chi connectivity index (χ0v) is 18.2. The lowest BCUT2D eigenvalue weighted by atomic mass is 10.1. The largest absolute Gasteiger partial charge is 0.496 e. The molecule has 0 aliphatic heterocycles. The van der Waals surface area contributed by atoms with Crippen molar-refractivity contribution in [2.24, 2.45) is 5.10 Å². The van der Waals surface area contributed by atoms with Crippen LogP contribution in [-0.4, -0.2) is 40.2 Å². The molecule has 0 atom stereocenters. The maximum Gasteiger partial charge on any atom is 0.273 e. The number of nitro benzene ring substituents is 1. The molecule has 2 aromatic carbocycles. The number of furan rings is 1. The number of nitro groups is 1. The summed E-state index contributed by atoms with van der Waals surface area (Å²) in [5.74, 6) is 2.16. The topological polar surface area (TPSA) is 153 Å². The maximum atomic E-state index is 11.0. The molecule has 12 heteroatoms. The first-order chi connectivity index (χ1) is 16.6. The monoisotopic (exact) mass is 460 g/mol. The highest BCUT2D eigenvalue weighted by Gasteiger charge is 2.15. The summed E-state index contributed by atoms with van der Waals surface area (Å²) in [5.41, 5.74) is 4.09. The van der Waals surface area contributed by atoms with Gasteiger partial charge in [-0.05, 0) is 30.3 Å². The standard InChI is InChI=1S/C22H20N8O4/c1-23-20-26-21(25-14-6-4-3-5-7-14)28-22(27-20)29-24-13-16-9-11-18(34-16)17-10-8-15(30(31)32)12-19(17)33-2/h3-13H,1-2H3,(H3,23,25,26,27,28,29)/b24-13-. The van der Waals surface area contributed by atoms with Gasteiger partial charge in [0.05, 0.1) is 29.9 Å². The molecule has 0 amide bonds. The van der Waals surface area contributed by atoms with E-state index < -0.39 is 4.92 Å². The molecule has 3 N–H and O–H groups in total. The average Bonchev–Trinajstić information content (AvgIpc) is 3.32. The average molecular weight is 460 g/mol. The van der Waals surface area contributed by atoms with Crippen LogP contribution in [0, 0.1) is 10.1 Å². The van der Waals surface area contributed by atoms with Crippen LogP contribution in [0.1, 0.15) is 5.76 Å². The Morgan fingerprint density at radius 2 is 1.79 bits per heavy atom. The SMILES string of the molecule is CNc1nc(N/N=C\c2ccc(-c3ccc([N+](=O)[O-])cc3OC)o2)nc(Nc2ccccc2)n1. The molecule has 0 aliphatic rings. The van der Waals surface area contributed by atoms with Crippen LogP contribution >= 0.6 is 0 Å². The summed E-state index contributed by atoms with van der Waals surface area (Å²) >= 11 is 0. The number of hydrogen-bond acceptors (Lipinski definition) is 11. The van der Waals surface area contributed by atoms with Crippen LogP contribution in [0.25, 0.3) is 11.3 Å². The normalized spacial score (nSPS) is 10.8. The molecule has 4 aromatic rings. The van der Waals surface area contributed by atoms with E-state index in [0.717, 1.165) is 5.69 Å². The zero-order valence-electron chi connectivity index (χ0n) is 18.2. The van der Waals surface area contributed by atoms with Gasteiger partial charge < -0.3 is 19.8 Å². The van der Waals surface area contributed by atoms with E-state index in [0.29, 0.717) is 34.7 Å². The number of nitrogens with zero attached hydrogens (tertiary/aromatic N) is 5. The lowest BCUT2D eigenvalue weighted by Gasteiger charge is -2.08. The van der Waals surface area contributed by atoms with Crippen LogP contribution in [0.3, 0.4) is 0 Å². The maximum absolute atomic E-state index is 11.0. The van der Waals surface area contributed by atoms with E-state index in [9.17, 15) is 10.1 Å². The van der Waals surface area contributed by atoms with Crippen LogP contribution in [0.15, 0.2) is 70.2 Å². The Hall–Kier alpha value is -5.00. The minimum absolute atomic E-state index is 0.0717. The quantitative estimate of drug-likeness (QED) is 0.187. The van der Waals surface area contributed by atoms with Crippen molar-refractivity contribution >= 4 is 35.4 Å². The third kappa shape index (κ3) is 5.24. The Bertz CT molecular complexity index is 1320. The van der Waals surface area contributed by atoms with E-state index in [4.69, 9.17) is 9.15 Å². The molecule has 172 valence electrons. The van der Waals surface area contributed by atoms with Gasteiger partial charge in [0.2, 0.25) is 17.8 Å². The molecule has 2 aromatic heterocycles. The lowest BCUT2D eigenvalue weighted by Crippen LogP contribution is -2.07. The minimum Gasteiger partial charge on any atom is -0.496 e. The van der Waals surface area contributed by atoms with Gasteiger partial charge in [0.15, 0.2) is 0 Å². The van der Waals surface area contributed by atoms with Crippen molar-refractivity contribution in [1.29, 1.82) is 0 Å². The van der Waals surface area contributed by atoms with E-state index in [1.807, 2.05) is 30.3 Å². The van der Waals surface area contributed by atoms with E-state index in [2.05, 4.69) is 36.1 Å². The Morgan fingerprint density at radius 3 is 2.53 bits per heavy atom. The smallest absolute Gasteiger partial charge is 0.273 e. The fourth-order valence-electron chi connectivity index (χ4n) is 2.96. The highest BCUT2D eigenvalue weighted by Crippen LogP contribution is 2.34. The van der Waals surface area contributed by atoms with Gasteiger partial charge in [-0.15, -0.1) is 0 Å². The Kier molecular flexibility index (Phi) is 6.58. The summed E-state index contributed by atoms with van der Waals surface area (Å²) in [6, 6.07) is 17.2. The second-order valence-corrected chi connectivity index (χ2v) is 6.76. The number of aromatic nitrogens is 3. The van der Waals surface area contributed by atoms with Gasteiger partial charge in [-0.3, -0.25) is 10.1 Å². The number of anilines is 4. The van der Waals surface area contributed by atoms with Crippen molar-refractivity contribution in [2.45, 2.75) is 0 Å². The van der Waals surface area contributed by atoms with Crippen molar-refractivity contribution in [1.82, 2.24) is 15.0 Å². The molecule has 4 rings (SSSR count). The van der Waals surface area contributed by atoms with Crippen molar-refractivity contribution in [3.63, 3.8) is 0 Å². The second kappa shape index (κ2) is 10.1. The molecule has 0 fully saturated rings. The number of non-ortho nitro benzene ring substituents is 1. The van der Waals surface area contributed by atoms with E-state index in [1.165, 1.54) is 25.5 Å². The van der Waals surface area contributed by atoms with Crippen molar-refractivity contribution in [3.05, 3.63) is 76.5 Å². The first-order valence-corrected chi connectivity index (χ1v) is 10.0. The molecule has 0 unspecified atom stereocenters. The van der Waals surface area contributed by atoms with E-state index in [-0.39, 0.29) is 11.6 Å². The first-order valence-electron chi connectivity index (χ1n) is 10.0. The van der Waals surface area contributed by atoms with Crippen LogP contribution in [0.4, 0.5) is 29.2 Å². The predicted octanol–water partition coefficient (Wildman–Crippen LogP) is 4.28. The summed E-state index contributed by atoms with van der Waals surface area (Å²) in [4.78, 5) is 23.3. The lowest BCUT2D eigenvalue weighted by molar-refractivity contribution is -0.384. The summed E-state index contributed by atoms with van der Waals surface area (Å²) in [7, 11) is 3.14. The van der Waals surface area contributed by atoms with Gasteiger partial charge in [-0.2, -0.15) is 20.1 Å². The minimum atomic E-state index is -0.486. The van der Waals surface area contributed by atoms with Crippen LogP contribution in [0.5, 0.6) is 5.75 Å². The van der Waals surface area contributed by atoms with Crippen LogP contribution < -0.4 is 20.8 Å². The Morgan fingerprint density at radius 1 is 1.03 bits per heavy atom. The predicted molar refractivity (Wildman–Crippen MR) is 128 cm³/mol. The van der Waals surface area contributed by atoms with Crippen molar-refractivity contribution in [3.8, 4) is 17.1 Å². The molecule has 0 bridgehead atoms. The van der Waals surface area contributed by atoms with Gasteiger partial charge >= 0.3 is 0 Å². The molecule has 0 saturated carbocycles. The fraction of sp³-hybridized carbons (Fsp3) is 0.0909. The number of nitrogens with one attached hydrogen (secondary N) is 3. The summed E-state index contributed by atoms with van der Waals surface area (Å²) < 4.78 is 11.1. The summed E-state index contributed by atoms with van der Waals surface area (Å²) in [6.07, 6.45) is 1.45. The van der Waals surface area contributed by atoms with Crippen molar-refractivity contribution < 1.29 is 14.1 Å². The number of methoxy groups -OCH3 is 1. The number of hydrazone groups is 1.